The summed E-state index contributed by atoms with van der Waals surface area (Å²) in [6.07, 6.45) is 1.82. The standard InChI is InChI=1S/C17H14F2NO/c1-2-14-7-3-4-8-16(14)12-21-20-11-13-6-5-9-15(10-13)17(18)19/h2-10,17H,1,12H2. The van der Waals surface area contributed by atoms with Crippen LogP contribution in [0.5, 0.6) is 0 Å². The highest BCUT2D eigenvalue weighted by Gasteiger charge is 2.06. The fourth-order valence-electron chi connectivity index (χ4n) is 1.80. The minimum absolute atomic E-state index is 0.0628. The summed E-state index contributed by atoms with van der Waals surface area (Å²) in [4.78, 5) is 5.15. The molecule has 0 aliphatic rings. The average molecular weight is 286 g/mol. The molecule has 107 valence electrons. The molecule has 0 spiro atoms. The first-order chi connectivity index (χ1) is 10.2. The molecule has 0 amide bonds. The van der Waals surface area contributed by atoms with Crippen molar-refractivity contribution in [1.29, 1.82) is 0 Å². The molecule has 0 N–H and O–H groups in total. The first-order valence-electron chi connectivity index (χ1n) is 6.37. The Morgan fingerprint density at radius 2 is 2.00 bits per heavy atom. The van der Waals surface area contributed by atoms with E-state index < -0.39 is 6.43 Å². The second kappa shape index (κ2) is 7.33. The lowest BCUT2D eigenvalue weighted by atomic mass is 10.1. The fourth-order valence-corrected chi connectivity index (χ4v) is 1.80. The lowest BCUT2D eigenvalue weighted by molar-refractivity contribution is 0.132. The van der Waals surface area contributed by atoms with Crippen LogP contribution in [0, 0.1) is 0 Å². The van der Waals surface area contributed by atoms with Gasteiger partial charge in [-0.3, -0.25) is 0 Å². The van der Waals surface area contributed by atoms with E-state index in [2.05, 4.69) is 17.9 Å². The molecule has 2 rings (SSSR count). The zero-order valence-corrected chi connectivity index (χ0v) is 11.3. The van der Waals surface area contributed by atoms with E-state index in [1.807, 2.05) is 24.3 Å². The van der Waals surface area contributed by atoms with Crippen molar-refractivity contribution in [3.63, 3.8) is 0 Å². The van der Waals surface area contributed by atoms with Gasteiger partial charge in [0.15, 0.2) is 0 Å². The lowest BCUT2D eigenvalue weighted by Crippen LogP contribution is -1.92. The number of rotatable bonds is 6. The average Bonchev–Trinajstić information content (AvgIpc) is 2.52. The number of hydrogen-bond acceptors (Lipinski definition) is 2. The fraction of sp³-hybridized carbons (Fsp3) is 0.118. The molecule has 0 saturated carbocycles. The molecule has 0 fully saturated rings. The van der Waals surface area contributed by atoms with Gasteiger partial charge >= 0.3 is 0 Å². The zero-order valence-electron chi connectivity index (χ0n) is 11.3. The molecule has 0 saturated heterocycles. The van der Waals surface area contributed by atoms with Gasteiger partial charge in [-0.1, -0.05) is 60.3 Å². The highest BCUT2D eigenvalue weighted by atomic mass is 19.3. The molecule has 2 aromatic carbocycles. The van der Waals surface area contributed by atoms with E-state index in [0.717, 1.165) is 11.1 Å². The third kappa shape index (κ3) is 4.24. The van der Waals surface area contributed by atoms with Crippen LogP contribution in [-0.2, 0) is 11.4 Å². The van der Waals surface area contributed by atoms with Crippen LogP contribution in [0.15, 0.2) is 60.3 Å². The van der Waals surface area contributed by atoms with E-state index in [-0.39, 0.29) is 12.2 Å². The Balaban J connectivity index is 1.97. The monoisotopic (exact) mass is 286 g/mol. The van der Waals surface area contributed by atoms with Crippen molar-refractivity contribution in [3.05, 3.63) is 77.4 Å². The van der Waals surface area contributed by atoms with Crippen molar-refractivity contribution >= 4 is 12.3 Å². The molecule has 0 unspecified atom stereocenters. The van der Waals surface area contributed by atoms with Crippen LogP contribution in [0.3, 0.4) is 0 Å². The minimum Gasteiger partial charge on any atom is -0.390 e. The van der Waals surface area contributed by atoms with Gasteiger partial charge in [0.25, 0.3) is 6.43 Å². The summed E-state index contributed by atoms with van der Waals surface area (Å²) in [5.74, 6) is 0. The Bertz CT molecular complexity index is 638. The Morgan fingerprint density at radius 3 is 2.76 bits per heavy atom. The number of alkyl halides is 2. The van der Waals surface area contributed by atoms with Gasteiger partial charge in [-0.25, -0.2) is 8.78 Å². The first-order valence-corrected chi connectivity index (χ1v) is 6.37. The molecule has 0 bridgehead atoms. The summed E-state index contributed by atoms with van der Waals surface area (Å²) in [5, 5.41) is 3.68. The van der Waals surface area contributed by atoms with Crippen LogP contribution < -0.4 is 0 Å². The van der Waals surface area contributed by atoms with Crippen LogP contribution in [-0.4, -0.2) is 6.21 Å². The number of hydrogen-bond donors (Lipinski definition) is 0. The van der Waals surface area contributed by atoms with Crippen LogP contribution in [0.2, 0.25) is 0 Å². The molecule has 0 aromatic heterocycles. The van der Waals surface area contributed by atoms with Gasteiger partial charge in [0.1, 0.15) is 12.8 Å². The highest BCUT2D eigenvalue weighted by Crippen LogP contribution is 2.18. The van der Waals surface area contributed by atoms with Crippen LogP contribution in [0.1, 0.15) is 28.7 Å². The van der Waals surface area contributed by atoms with Gasteiger partial charge in [-0.2, -0.15) is 0 Å². The number of benzene rings is 2. The largest absolute Gasteiger partial charge is 0.390 e. The maximum absolute atomic E-state index is 12.5. The summed E-state index contributed by atoms with van der Waals surface area (Å²) in [6, 6.07) is 13.5. The van der Waals surface area contributed by atoms with Crippen molar-refractivity contribution in [2.75, 3.05) is 0 Å². The second-order valence-corrected chi connectivity index (χ2v) is 4.31. The topological polar surface area (TPSA) is 21.6 Å². The van der Waals surface area contributed by atoms with Crippen LogP contribution >= 0.6 is 0 Å². The van der Waals surface area contributed by atoms with Gasteiger partial charge in [0, 0.05) is 11.1 Å². The van der Waals surface area contributed by atoms with E-state index in [0.29, 0.717) is 5.56 Å². The van der Waals surface area contributed by atoms with Gasteiger partial charge in [0.05, 0.1) is 0 Å². The molecule has 1 radical (unpaired) electrons. The quantitative estimate of drug-likeness (QED) is 0.557. The van der Waals surface area contributed by atoms with Gasteiger partial charge in [-0.05, 0) is 17.2 Å². The van der Waals surface area contributed by atoms with Crippen LogP contribution in [0.4, 0.5) is 8.78 Å². The summed E-state index contributed by atoms with van der Waals surface area (Å²) < 4.78 is 25.1. The third-order valence-corrected chi connectivity index (χ3v) is 2.87. The molecule has 0 aliphatic carbocycles. The molecule has 2 aromatic rings. The molecule has 0 atom stereocenters. The Morgan fingerprint density at radius 1 is 1.19 bits per heavy atom. The van der Waals surface area contributed by atoms with E-state index in [4.69, 9.17) is 4.84 Å². The smallest absolute Gasteiger partial charge is 0.263 e. The molecule has 21 heavy (non-hydrogen) atoms. The van der Waals surface area contributed by atoms with Crippen LogP contribution in [0.25, 0.3) is 6.08 Å². The third-order valence-electron chi connectivity index (χ3n) is 2.87. The van der Waals surface area contributed by atoms with Gasteiger partial charge < -0.3 is 4.84 Å². The summed E-state index contributed by atoms with van der Waals surface area (Å²) in [6.45, 7) is 3.99. The Labute approximate surface area is 122 Å². The van der Waals surface area contributed by atoms with E-state index in [1.165, 1.54) is 18.2 Å². The summed E-state index contributed by atoms with van der Waals surface area (Å²) in [5.41, 5.74) is 2.30. The predicted molar refractivity (Wildman–Crippen MR) is 79.3 cm³/mol. The normalized spacial score (nSPS) is 11.0. The summed E-state index contributed by atoms with van der Waals surface area (Å²) >= 11 is 0. The van der Waals surface area contributed by atoms with Gasteiger partial charge in [0.2, 0.25) is 0 Å². The van der Waals surface area contributed by atoms with Crippen molar-refractivity contribution < 1.29 is 13.6 Å². The zero-order chi connectivity index (χ0) is 15.1. The molecule has 0 aliphatic heterocycles. The Hall–Kier alpha value is -2.49. The molecule has 2 nitrogen and oxygen atoms in total. The SMILES string of the molecule is C=Cc1ccccc1CO/N=[C]\c1cccc(C(F)F)c1. The van der Waals surface area contributed by atoms with Crippen molar-refractivity contribution in [2.45, 2.75) is 13.0 Å². The van der Waals surface area contributed by atoms with Crippen molar-refractivity contribution in [3.8, 4) is 0 Å². The maximum atomic E-state index is 12.5. The maximum Gasteiger partial charge on any atom is 0.263 e. The van der Waals surface area contributed by atoms with E-state index in [9.17, 15) is 8.78 Å². The molecule has 4 heteroatoms. The lowest BCUT2D eigenvalue weighted by Gasteiger charge is -2.04. The molecular weight excluding hydrogens is 272 g/mol. The molecular formula is C17H14F2NO. The van der Waals surface area contributed by atoms with Gasteiger partial charge in [-0.15, -0.1) is 0 Å². The van der Waals surface area contributed by atoms with E-state index in [1.54, 1.807) is 12.1 Å². The predicted octanol–water partition coefficient (Wildman–Crippen LogP) is 4.69. The minimum atomic E-state index is -2.51. The second-order valence-electron chi connectivity index (χ2n) is 4.31. The first kappa shape index (κ1) is 14.9. The van der Waals surface area contributed by atoms with E-state index >= 15 is 0 Å². The molecule has 0 heterocycles. The number of halogens is 2. The van der Waals surface area contributed by atoms with Crippen molar-refractivity contribution in [2.24, 2.45) is 5.16 Å². The van der Waals surface area contributed by atoms with Crippen molar-refractivity contribution in [1.82, 2.24) is 0 Å². The highest BCUT2D eigenvalue weighted by molar-refractivity contribution is 5.79. The Kier molecular flexibility index (Phi) is 5.21. The number of nitrogens with zero attached hydrogens (tertiary/aromatic N) is 1. The summed E-state index contributed by atoms with van der Waals surface area (Å²) in [7, 11) is 0.